The molecule has 0 bridgehead atoms. The van der Waals surface area contributed by atoms with Crippen molar-refractivity contribution < 1.29 is 13.2 Å². The minimum Gasteiger partial charge on any atom is -0.351 e. The Morgan fingerprint density at radius 1 is 1.20 bits per heavy atom. The van der Waals surface area contributed by atoms with Crippen LogP contribution in [-0.2, 0) is 10.0 Å². The van der Waals surface area contributed by atoms with Crippen molar-refractivity contribution in [3.8, 4) is 0 Å². The molecule has 0 aromatic heterocycles. The van der Waals surface area contributed by atoms with Crippen molar-refractivity contribution in [3.05, 3.63) is 24.3 Å². The van der Waals surface area contributed by atoms with Crippen molar-refractivity contribution in [1.29, 1.82) is 0 Å². The second kappa shape index (κ2) is 4.18. The number of urea groups is 1. The molecular weight excluding hydrogens is 218 g/mol. The molecule has 7 heteroatoms. The van der Waals surface area contributed by atoms with Crippen LogP contribution in [0.4, 0.5) is 16.2 Å². The number of nitrogens with one attached hydrogen (secondary N) is 2. The molecule has 0 radical (unpaired) electrons. The topological polar surface area (TPSA) is 101 Å². The number of hydrogen-bond donors (Lipinski definition) is 3. The van der Waals surface area contributed by atoms with Gasteiger partial charge >= 0.3 is 6.03 Å². The maximum atomic E-state index is 10.9. The molecule has 0 atom stereocenters. The fourth-order valence-corrected chi connectivity index (χ4v) is 1.54. The van der Waals surface area contributed by atoms with Gasteiger partial charge in [0.2, 0.25) is 10.0 Å². The molecule has 1 aromatic rings. The van der Waals surface area contributed by atoms with Gasteiger partial charge in [-0.25, -0.2) is 13.2 Å². The Labute approximate surface area is 87.5 Å². The van der Waals surface area contributed by atoms with Crippen LogP contribution in [0.5, 0.6) is 0 Å². The fraction of sp³-hybridized carbons (Fsp3) is 0.125. The summed E-state index contributed by atoms with van der Waals surface area (Å²) in [6.45, 7) is 0. The van der Waals surface area contributed by atoms with Gasteiger partial charge < -0.3 is 11.1 Å². The second-order valence-corrected chi connectivity index (χ2v) is 4.69. The lowest BCUT2D eigenvalue weighted by atomic mass is 10.3. The van der Waals surface area contributed by atoms with Gasteiger partial charge in [-0.2, -0.15) is 0 Å². The third kappa shape index (κ3) is 4.32. The summed E-state index contributed by atoms with van der Waals surface area (Å²) in [6.07, 6.45) is 1.06. The summed E-state index contributed by atoms with van der Waals surface area (Å²) in [7, 11) is -3.28. The summed E-state index contributed by atoms with van der Waals surface area (Å²) in [5, 5.41) is 2.36. The number of hydrogen-bond acceptors (Lipinski definition) is 3. The molecule has 82 valence electrons. The summed E-state index contributed by atoms with van der Waals surface area (Å²) in [5.74, 6) is 0. The Morgan fingerprint density at radius 2 is 1.67 bits per heavy atom. The highest BCUT2D eigenvalue weighted by molar-refractivity contribution is 7.92. The van der Waals surface area contributed by atoms with Crippen LogP contribution in [0.1, 0.15) is 0 Å². The van der Waals surface area contributed by atoms with E-state index in [4.69, 9.17) is 5.73 Å². The van der Waals surface area contributed by atoms with E-state index in [9.17, 15) is 13.2 Å². The molecule has 0 fully saturated rings. The van der Waals surface area contributed by atoms with Crippen molar-refractivity contribution in [2.24, 2.45) is 5.73 Å². The zero-order chi connectivity index (χ0) is 11.5. The maximum absolute atomic E-state index is 10.9. The lowest BCUT2D eigenvalue weighted by Gasteiger charge is -2.05. The van der Waals surface area contributed by atoms with E-state index >= 15 is 0 Å². The van der Waals surface area contributed by atoms with Crippen LogP contribution >= 0.6 is 0 Å². The molecule has 0 aliphatic rings. The maximum Gasteiger partial charge on any atom is 0.316 e. The van der Waals surface area contributed by atoms with Crippen molar-refractivity contribution >= 4 is 27.4 Å². The lowest BCUT2D eigenvalue weighted by Crippen LogP contribution is -2.19. The van der Waals surface area contributed by atoms with E-state index < -0.39 is 16.1 Å². The number of amides is 2. The van der Waals surface area contributed by atoms with Crippen LogP contribution in [0.25, 0.3) is 0 Å². The van der Waals surface area contributed by atoms with Crippen LogP contribution < -0.4 is 15.8 Å². The highest BCUT2D eigenvalue weighted by Gasteiger charge is 2.01. The predicted octanol–water partition coefficient (Wildman–Crippen LogP) is 0.549. The largest absolute Gasteiger partial charge is 0.351 e. The van der Waals surface area contributed by atoms with Crippen LogP contribution in [0, 0.1) is 0 Å². The van der Waals surface area contributed by atoms with Crippen molar-refractivity contribution in [1.82, 2.24) is 0 Å². The summed E-state index contributed by atoms with van der Waals surface area (Å²) in [4.78, 5) is 10.5. The Hall–Kier alpha value is -1.76. The van der Waals surface area contributed by atoms with Crippen LogP contribution in [0.2, 0.25) is 0 Å². The molecule has 2 amide bonds. The van der Waals surface area contributed by atoms with E-state index in [0.717, 1.165) is 6.26 Å². The van der Waals surface area contributed by atoms with Crippen molar-refractivity contribution in [3.63, 3.8) is 0 Å². The van der Waals surface area contributed by atoms with Gasteiger partial charge in [-0.3, -0.25) is 4.72 Å². The Bertz CT molecular complexity index is 453. The zero-order valence-electron chi connectivity index (χ0n) is 8.02. The van der Waals surface area contributed by atoms with E-state index in [1.54, 1.807) is 0 Å². The number of sulfonamides is 1. The number of rotatable bonds is 3. The average molecular weight is 229 g/mol. The molecular formula is C8H11N3O3S. The number of carbonyl (C=O) groups is 1. The van der Waals surface area contributed by atoms with Crippen molar-refractivity contribution in [2.45, 2.75) is 0 Å². The highest BCUT2D eigenvalue weighted by atomic mass is 32.2. The molecule has 0 saturated carbocycles. The first kappa shape index (κ1) is 11.3. The smallest absolute Gasteiger partial charge is 0.316 e. The van der Waals surface area contributed by atoms with Gasteiger partial charge in [0.25, 0.3) is 0 Å². The average Bonchev–Trinajstić information content (AvgIpc) is 2.05. The standard InChI is InChI=1S/C8H11N3O3S/c1-15(13,14)11-7-4-2-6(3-5-7)10-8(9)12/h2-5,11H,1H3,(H3,9,10,12). The predicted molar refractivity (Wildman–Crippen MR) is 58.1 cm³/mol. The van der Waals surface area contributed by atoms with Crippen LogP contribution in [-0.4, -0.2) is 20.7 Å². The first-order chi connectivity index (χ1) is 6.87. The van der Waals surface area contributed by atoms with Gasteiger partial charge in [0.15, 0.2) is 0 Å². The lowest BCUT2D eigenvalue weighted by molar-refractivity contribution is 0.259. The molecule has 0 aliphatic heterocycles. The van der Waals surface area contributed by atoms with Gasteiger partial charge in [-0.1, -0.05) is 0 Å². The van der Waals surface area contributed by atoms with E-state index in [1.807, 2.05) is 0 Å². The number of anilines is 2. The molecule has 0 heterocycles. The molecule has 15 heavy (non-hydrogen) atoms. The summed E-state index contributed by atoms with van der Waals surface area (Å²) in [5.41, 5.74) is 5.83. The minimum atomic E-state index is -3.28. The quantitative estimate of drug-likeness (QED) is 0.705. The van der Waals surface area contributed by atoms with Gasteiger partial charge in [0.05, 0.1) is 6.26 Å². The molecule has 0 unspecified atom stereocenters. The van der Waals surface area contributed by atoms with E-state index in [0.29, 0.717) is 11.4 Å². The first-order valence-electron chi connectivity index (χ1n) is 4.01. The first-order valence-corrected chi connectivity index (χ1v) is 5.90. The zero-order valence-corrected chi connectivity index (χ0v) is 8.84. The Morgan fingerprint density at radius 3 is 2.07 bits per heavy atom. The third-order valence-electron chi connectivity index (χ3n) is 1.46. The minimum absolute atomic E-state index is 0.424. The van der Waals surface area contributed by atoms with Crippen LogP contribution in [0.15, 0.2) is 24.3 Å². The number of benzene rings is 1. The summed E-state index contributed by atoms with van der Waals surface area (Å²) in [6, 6.07) is 5.45. The fourth-order valence-electron chi connectivity index (χ4n) is 0.978. The van der Waals surface area contributed by atoms with E-state index in [1.165, 1.54) is 24.3 Å². The van der Waals surface area contributed by atoms with Gasteiger partial charge in [0, 0.05) is 11.4 Å². The molecule has 4 N–H and O–H groups in total. The molecule has 0 saturated heterocycles. The Balaban J connectivity index is 2.77. The molecule has 1 rings (SSSR count). The summed E-state index contributed by atoms with van der Waals surface area (Å²) < 4.78 is 24.0. The molecule has 0 spiro atoms. The van der Waals surface area contributed by atoms with Crippen molar-refractivity contribution in [2.75, 3.05) is 16.3 Å². The number of primary amides is 1. The van der Waals surface area contributed by atoms with Gasteiger partial charge in [-0.15, -0.1) is 0 Å². The second-order valence-electron chi connectivity index (χ2n) is 2.94. The normalized spacial score (nSPS) is 10.7. The monoisotopic (exact) mass is 229 g/mol. The molecule has 6 nitrogen and oxygen atoms in total. The number of carbonyl (C=O) groups excluding carboxylic acids is 1. The number of nitrogens with two attached hydrogens (primary N) is 1. The third-order valence-corrected chi connectivity index (χ3v) is 2.06. The SMILES string of the molecule is CS(=O)(=O)Nc1ccc(NC(N)=O)cc1. The molecule has 1 aromatic carbocycles. The van der Waals surface area contributed by atoms with Gasteiger partial charge in [-0.05, 0) is 24.3 Å². The van der Waals surface area contributed by atoms with E-state index in [-0.39, 0.29) is 0 Å². The van der Waals surface area contributed by atoms with Gasteiger partial charge in [0.1, 0.15) is 0 Å². The molecule has 0 aliphatic carbocycles. The summed E-state index contributed by atoms with van der Waals surface area (Å²) >= 11 is 0. The highest BCUT2D eigenvalue weighted by Crippen LogP contribution is 2.13. The Kier molecular flexibility index (Phi) is 3.15. The van der Waals surface area contributed by atoms with Crippen LogP contribution in [0.3, 0.4) is 0 Å². The van der Waals surface area contributed by atoms with E-state index in [2.05, 4.69) is 10.0 Å².